The fourth-order valence-corrected chi connectivity index (χ4v) is 1.85. The van der Waals surface area contributed by atoms with Gasteiger partial charge in [-0.3, -0.25) is 4.79 Å². The van der Waals surface area contributed by atoms with Gasteiger partial charge in [-0.05, 0) is 30.0 Å². The van der Waals surface area contributed by atoms with Gasteiger partial charge < -0.3 is 5.11 Å². The third kappa shape index (κ3) is 3.60. The summed E-state index contributed by atoms with van der Waals surface area (Å²) < 4.78 is 0. The standard InChI is InChI=1S/C15H15ClN2O2/c1-2-13(19)9-10-18-15(20)8-7-14(17-18)11-3-5-12(16)6-4-11/h3-6,13,19H,2,7-8H2,1H3. The normalized spacial score (nSPS) is 16.2. The molecule has 1 amide bonds. The molecule has 1 N–H and O–H groups in total. The van der Waals surface area contributed by atoms with Crippen LogP contribution >= 0.6 is 11.6 Å². The Labute approximate surface area is 123 Å². The van der Waals surface area contributed by atoms with Crippen molar-refractivity contribution in [2.24, 2.45) is 5.10 Å². The maximum atomic E-state index is 11.7. The van der Waals surface area contributed by atoms with E-state index in [9.17, 15) is 9.90 Å². The number of hydrogen-bond acceptors (Lipinski definition) is 3. The first kappa shape index (κ1) is 14.6. The van der Waals surface area contributed by atoms with Crippen molar-refractivity contribution in [3.8, 4) is 12.0 Å². The number of aliphatic hydroxyl groups is 1. The molecule has 1 aliphatic heterocycles. The van der Waals surface area contributed by atoms with E-state index >= 15 is 0 Å². The Kier molecular flexibility index (Phi) is 4.78. The molecule has 0 aromatic heterocycles. The lowest BCUT2D eigenvalue weighted by Gasteiger charge is -2.18. The number of aliphatic hydroxyl groups excluding tert-OH is 1. The average molecular weight is 291 g/mol. The van der Waals surface area contributed by atoms with Gasteiger partial charge in [0.05, 0.1) is 5.71 Å². The van der Waals surface area contributed by atoms with Crippen LogP contribution in [-0.4, -0.2) is 27.8 Å². The molecule has 0 saturated heterocycles. The highest BCUT2D eigenvalue weighted by atomic mass is 35.5. The van der Waals surface area contributed by atoms with E-state index in [2.05, 4.69) is 17.1 Å². The molecule has 1 heterocycles. The zero-order valence-corrected chi connectivity index (χ0v) is 11.9. The lowest BCUT2D eigenvalue weighted by Crippen LogP contribution is -2.28. The molecule has 1 aromatic rings. The number of carbonyl (C=O) groups excluding carboxylic acids is 1. The second kappa shape index (κ2) is 6.56. The number of hydrazone groups is 1. The summed E-state index contributed by atoms with van der Waals surface area (Å²) in [6, 6.07) is 9.90. The molecule has 1 aliphatic rings. The van der Waals surface area contributed by atoms with Crippen LogP contribution in [0.15, 0.2) is 29.4 Å². The van der Waals surface area contributed by atoms with Crippen molar-refractivity contribution in [3.63, 3.8) is 0 Å². The first-order valence-electron chi connectivity index (χ1n) is 6.45. The number of carbonyl (C=O) groups is 1. The fourth-order valence-electron chi connectivity index (χ4n) is 1.73. The van der Waals surface area contributed by atoms with Crippen molar-refractivity contribution in [2.45, 2.75) is 32.3 Å². The van der Waals surface area contributed by atoms with Crippen LogP contribution in [0.25, 0.3) is 0 Å². The third-order valence-corrected chi connectivity index (χ3v) is 3.19. The van der Waals surface area contributed by atoms with Crippen molar-refractivity contribution in [2.75, 3.05) is 0 Å². The van der Waals surface area contributed by atoms with Gasteiger partial charge in [-0.1, -0.05) is 30.7 Å². The summed E-state index contributed by atoms with van der Waals surface area (Å²) in [5.41, 5.74) is 1.71. The predicted molar refractivity (Wildman–Crippen MR) is 78.1 cm³/mol. The Morgan fingerprint density at radius 3 is 2.75 bits per heavy atom. The molecule has 20 heavy (non-hydrogen) atoms. The van der Waals surface area contributed by atoms with Gasteiger partial charge in [0.2, 0.25) is 0 Å². The summed E-state index contributed by atoms with van der Waals surface area (Å²) in [6.45, 7) is 1.82. The quantitative estimate of drug-likeness (QED) is 0.850. The lowest BCUT2D eigenvalue weighted by molar-refractivity contribution is -0.128. The minimum Gasteiger partial charge on any atom is -0.380 e. The Morgan fingerprint density at radius 2 is 2.10 bits per heavy atom. The molecule has 2 rings (SSSR count). The molecule has 0 saturated carbocycles. The predicted octanol–water partition coefficient (Wildman–Crippen LogP) is 2.40. The van der Waals surface area contributed by atoms with Gasteiger partial charge in [0.25, 0.3) is 5.91 Å². The summed E-state index contributed by atoms with van der Waals surface area (Å²) in [7, 11) is 0. The van der Waals surface area contributed by atoms with Crippen LogP contribution in [0.5, 0.6) is 0 Å². The van der Waals surface area contributed by atoms with Crippen molar-refractivity contribution in [1.82, 2.24) is 5.01 Å². The minimum absolute atomic E-state index is 0.154. The summed E-state index contributed by atoms with van der Waals surface area (Å²) >= 11 is 5.85. The van der Waals surface area contributed by atoms with E-state index < -0.39 is 6.10 Å². The molecule has 4 nitrogen and oxygen atoms in total. The molecule has 0 radical (unpaired) electrons. The number of benzene rings is 1. The van der Waals surface area contributed by atoms with E-state index in [1.54, 1.807) is 12.1 Å². The van der Waals surface area contributed by atoms with Gasteiger partial charge in [0, 0.05) is 23.9 Å². The van der Waals surface area contributed by atoms with Gasteiger partial charge in [-0.15, -0.1) is 0 Å². The van der Waals surface area contributed by atoms with E-state index in [1.807, 2.05) is 19.1 Å². The molecule has 1 atom stereocenters. The summed E-state index contributed by atoms with van der Waals surface area (Å²) in [5.74, 6) is 2.44. The van der Waals surface area contributed by atoms with E-state index in [0.717, 1.165) is 16.3 Å². The number of nitrogens with zero attached hydrogens (tertiary/aromatic N) is 2. The lowest BCUT2D eigenvalue weighted by atomic mass is 10.0. The highest BCUT2D eigenvalue weighted by Gasteiger charge is 2.20. The fraction of sp³-hybridized carbons (Fsp3) is 0.333. The summed E-state index contributed by atoms with van der Waals surface area (Å²) in [4.78, 5) is 11.7. The zero-order valence-electron chi connectivity index (χ0n) is 11.1. The zero-order chi connectivity index (χ0) is 14.5. The van der Waals surface area contributed by atoms with Crippen LogP contribution in [0.1, 0.15) is 31.7 Å². The Balaban J connectivity index is 2.23. The monoisotopic (exact) mass is 290 g/mol. The van der Waals surface area contributed by atoms with Crippen molar-refractivity contribution >= 4 is 23.2 Å². The van der Waals surface area contributed by atoms with Crippen molar-refractivity contribution in [1.29, 1.82) is 0 Å². The SMILES string of the molecule is CCC(O)C#CN1N=C(c2ccc(Cl)cc2)CCC1=O. The molecule has 0 spiro atoms. The average Bonchev–Trinajstić information content (AvgIpc) is 2.47. The summed E-state index contributed by atoms with van der Waals surface area (Å²) in [5, 5.41) is 15.4. The van der Waals surface area contributed by atoms with Crippen LogP contribution < -0.4 is 0 Å². The van der Waals surface area contributed by atoms with Crippen LogP contribution in [0, 0.1) is 12.0 Å². The Morgan fingerprint density at radius 1 is 1.40 bits per heavy atom. The van der Waals surface area contributed by atoms with Gasteiger partial charge in [0.1, 0.15) is 6.10 Å². The number of hydrogen-bond donors (Lipinski definition) is 1. The Hall–Kier alpha value is -1.83. The molecule has 5 heteroatoms. The van der Waals surface area contributed by atoms with Crippen molar-refractivity contribution < 1.29 is 9.90 Å². The maximum Gasteiger partial charge on any atom is 0.255 e. The number of halogens is 1. The van der Waals surface area contributed by atoms with Gasteiger partial charge in [-0.25, -0.2) is 0 Å². The van der Waals surface area contributed by atoms with Gasteiger partial charge in [0.15, 0.2) is 0 Å². The second-order valence-corrected chi connectivity index (χ2v) is 4.88. The molecule has 1 aromatic carbocycles. The van der Waals surface area contributed by atoms with Crippen molar-refractivity contribution in [3.05, 3.63) is 34.9 Å². The molecule has 0 aliphatic carbocycles. The van der Waals surface area contributed by atoms with Crippen LogP contribution in [-0.2, 0) is 4.79 Å². The smallest absolute Gasteiger partial charge is 0.255 e. The third-order valence-electron chi connectivity index (χ3n) is 2.93. The number of rotatable bonds is 2. The first-order valence-corrected chi connectivity index (χ1v) is 6.83. The van der Waals surface area contributed by atoms with Gasteiger partial charge in [-0.2, -0.15) is 10.1 Å². The first-order chi connectivity index (χ1) is 9.60. The van der Waals surface area contributed by atoms with E-state index in [0.29, 0.717) is 24.3 Å². The van der Waals surface area contributed by atoms with Gasteiger partial charge >= 0.3 is 0 Å². The second-order valence-electron chi connectivity index (χ2n) is 4.44. The molecular weight excluding hydrogens is 276 g/mol. The minimum atomic E-state index is -0.737. The number of amides is 1. The van der Waals surface area contributed by atoms with Crippen LogP contribution in [0.3, 0.4) is 0 Å². The summed E-state index contributed by atoms with van der Waals surface area (Å²) in [6.07, 6.45) is 0.717. The van der Waals surface area contributed by atoms with Crippen LogP contribution in [0.4, 0.5) is 0 Å². The van der Waals surface area contributed by atoms with E-state index in [1.165, 1.54) is 0 Å². The maximum absolute atomic E-state index is 11.7. The molecule has 1 unspecified atom stereocenters. The molecular formula is C15H15ClN2O2. The molecule has 0 fully saturated rings. The topological polar surface area (TPSA) is 52.9 Å². The van der Waals surface area contributed by atoms with Crippen LogP contribution in [0.2, 0.25) is 5.02 Å². The van der Waals surface area contributed by atoms with E-state index in [4.69, 9.17) is 11.6 Å². The molecule has 0 bridgehead atoms. The largest absolute Gasteiger partial charge is 0.380 e. The molecule has 104 valence electrons. The van der Waals surface area contributed by atoms with E-state index in [-0.39, 0.29) is 5.91 Å². The highest BCUT2D eigenvalue weighted by molar-refractivity contribution is 6.30. The Bertz CT molecular complexity index is 584. The highest BCUT2D eigenvalue weighted by Crippen LogP contribution is 2.17.